The maximum absolute atomic E-state index is 13.2. The van der Waals surface area contributed by atoms with Gasteiger partial charge in [0.05, 0.1) is 11.4 Å². The number of alkyl halides is 3. The van der Waals surface area contributed by atoms with Gasteiger partial charge in [0.1, 0.15) is 11.6 Å². The average Bonchev–Trinajstić information content (AvgIpc) is 3.51. The largest absolute Gasteiger partial charge is 0.573 e. The van der Waals surface area contributed by atoms with E-state index in [0.29, 0.717) is 61.9 Å². The van der Waals surface area contributed by atoms with Crippen molar-refractivity contribution in [1.29, 1.82) is 0 Å². The fourth-order valence-electron chi connectivity index (χ4n) is 4.30. The summed E-state index contributed by atoms with van der Waals surface area (Å²) in [6, 6.07) is 5.06. The van der Waals surface area contributed by atoms with Crippen LogP contribution in [0.3, 0.4) is 0 Å². The third kappa shape index (κ3) is 6.20. The monoisotopic (exact) mass is 565 g/mol. The lowest BCUT2D eigenvalue weighted by Crippen LogP contribution is -2.47. The molecule has 0 spiro atoms. The maximum Gasteiger partial charge on any atom is 0.573 e. The summed E-state index contributed by atoms with van der Waals surface area (Å²) in [7, 11) is -1.60. The summed E-state index contributed by atoms with van der Waals surface area (Å²) in [6.07, 6.45) is -0.00921. The molecule has 2 aromatic heterocycles. The Morgan fingerprint density at radius 1 is 1.05 bits per heavy atom. The van der Waals surface area contributed by atoms with Gasteiger partial charge in [-0.15, -0.1) is 18.3 Å². The molecule has 39 heavy (non-hydrogen) atoms. The minimum Gasteiger partial charge on any atom is -0.406 e. The number of likely N-dealkylation sites (N-methyl/N-ethyl adjacent to an activating group) is 1. The predicted octanol–water partition coefficient (Wildman–Crippen LogP) is 3.38. The van der Waals surface area contributed by atoms with Crippen molar-refractivity contribution in [3.05, 3.63) is 52.7 Å². The number of hydrogen-bond acceptors (Lipinski definition) is 9. The van der Waals surface area contributed by atoms with Crippen LogP contribution in [0.1, 0.15) is 18.7 Å². The minimum atomic E-state index is -4.78. The Labute approximate surface area is 222 Å². The molecule has 1 fully saturated rings. The zero-order valence-corrected chi connectivity index (χ0v) is 22.0. The number of benzene rings is 1. The maximum atomic E-state index is 13.2. The summed E-state index contributed by atoms with van der Waals surface area (Å²) < 4.78 is 75.8. The molecule has 15 heteroatoms. The van der Waals surface area contributed by atoms with Gasteiger partial charge in [-0.1, -0.05) is 11.2 Å². The van der Waals surface area contributed by atoms with Crippen molar-refractivity contribution in [3.8, 4) is 28.9 Å². The van der Waals surface area contributed by atoms with Gasteiger partial charge in [-0.3, -0.25) is 0 Å². The Morgan fingerprint density at radius 2 is 1.77 bits per heavy atom. The molecular formula is C24H26F3N7O4S. The zero-order valence-electron chi connectivity index (χ0n) is 21.2. The molecular weight excluding hydrogens is 539 g/mol. The summed E-state index contributed by atoms with van der Waals surface area (Å²) in [5.41, 5.74) is 1.32. The number of aromatic nitrogens is 5. The molecule has 208 valence electrons. The molecule has 0 unspecified atom stereocenters. The van der Waals surface area contributed by atoms with E-state index >= 15 is 0 Å². The first-order valence-electron chi connectivity index (χ1n) is 12.2. The van der Waals surface area contributed by atoms with Crippen molar-refractivity contribution in [2.24, 2.45) is 0 Å². The SMILES string of the molecule is Cc1nc(-c2nc(-c3ccc(OC(F)(F)F)cc3)no2)nn1CC1=CC(S(=O)(=O)N2CCN(C)CC2)=CCC1. The molecule has 3 aromatic rings. The highest BCUT2D eigenvalue weighted by atomic mass is 32.2. The van der Waals surface area contributed by atoms with E-state index in [-0.39, 0.29) is 23.3 Å². The van der Waals surface area contributed by atoms with Crippen molar-refractivity contribution >= 4 is 10.0 Å². The molecule has 5 rings (SSSR count). The number of halogens is 3. The van der Waals surface area contributed by atoms with Gasteiger partial charge in [-0.05, 0) is 62.7 Å². The van der Waals surface area contributed by atoms with Crippen LogP contribution in [0.15, 0.2) is 51.4 Å². The summed E-state index contributed by atoms with van der Waals surface area (Å²) in [5.74, 6) is 0.574. The van der Waals surface area contributed by atoms with Gasteiger partial charge in [0, 0.05) is 31.7 Å². The molecule has 0 saturated carbocycles. The van der Waals surface area contributed by atoms with Gasteiger partial charge in [0.25, 0.3) is 5.89 Å². The van der Waals surface area contributed by atoms with E-state index < -0.39 is 16.4 Å². The molecule has 1 aliphatic carbocycles. The van der Waals surface area contributed by atoms with Gasteiger partial charge in [-0.25, -0.2) is 18.1 Å². The minimum absolute atomic E-state index is 0.0401. The Kier molecular flexibility index (Phi) is 7.31. The van der Waals surface area contributed by atoms with Crippen LogP contribution in [0, 0.1) is 6.92 Å². The van der Waals surface area contributed by atoms with E-state index in [1.165, 1.54) is 16.4 Å². The van der Waals surface area contributed by atoms with E-state index in [0.717, 1.165) is 17.7 Å². The summed E-state index contributed by atoms with van der Waals surface area (Å²) in [6.45, 7) is 4.41. The van der Waals surface area contributed by atoms with Crippen LogP contribution in [0.25, 0.3) is 23.1 Å². The lowest BCUT2D eigenvalue weighted by Gasteiger charge is -2.32. The standard InChI is InChI=1S/C24H26F3N7O4S/c1-16-28-22(23-29-21(31-38-23)18-6-8-19(9-7-18)37-24(25,26)27)30-34(16)15-17-4-3-5-20(14-17)39(35,36)33-12-10-32(2)11-13-33/h5-9,14H,3-4,10-13,15H2,1-2H3. The van der Waals surface area contributed by atoms with Crippen molar-refractivity contribution in [3.63, 3.8) is 0 Å². The number of rotatable bonds is 7. The number of piperazine rings is 1. The number of allylic oxidation sites excluding steroid dienone is 3. The van der Waals surface area contributed by atoms with E-state index in [1.54, 1.807) is 23.8 Å². The Morgan fingerprint density at radius 3 is 2.46 bits per heavy atom. The van der Waals surface area contributed by atoms with Gasteiger partial charge in [0.15, 0.2) is 0 Å². The molecule has 0 bridgehead atoms. The topological polar surface area (TPSA) is 119 Å². The lowest BCUT2D eigenvalue weighted by molar-refractivity contribution is -0.274. The molecule has 1 aromatic carbocycles. The van der Waals surface area contributed by atoms with Crippen LogP contribution in [0.5, 0.6) is 5.75 Å². The third-order valence-corrected chi connectivity index (χ3v) is 8.36. The first-order chi connectivity index (χ1) is 18.5. The average molecular weight is 566 g/mol. The second kappa shape index (κ2) is 10.5. The molecule has 11 nitrogen and oxygen atoms in total. The van der Waals surface area contributed by atoms with E-state index in [4.69, 9.17) is 4.52 Å². The van der Waals surface area contributed by atoms with Crippen LogP contribution < -0.4 is 4.74 Å². The van der Waals surface area contributed by atoms with Gasteiger partial charge >= 0.3 is 6.36 Å². The quantitative estimate of drug-likeness (QED) is 0.425. The second-order valence-electron chi connectivity index (χ2n) is 9.29. The fourth-order valence-corrected chi connectivity index (χ4v) is 5.89. The number of aryl methyl sites for hydroxylation is 1. The smallest absolute Gasteiger partial charge is 0.406 e. The Balaban J connectivity index is 1.29. The van der Waals surface area contributed by atoms with E-state index in [2.05, 4.69) is 29.9 Å². The van der Waals surface area contributed by atoms with Crippen molar-refractivity contribution in [2.45, 2.75) is 32.7 Å². The first kappa shape index (κ1) is 27.0. The van der Waals surface area contributed by atoms with Crippen LogP contribution in [0.4, 0.5) is 13.2 Å². The number of sulfonamides is 1. The Bertz CT molecular complexity index is 1500. The highest BCUT2D eigenvalue weighted by Gasteiger charge is 2.31. The number of hydrogen-bond donors (Lipinski definition) is 0. The molecule has 1 saturated heterocycles. The van der Waals surface area contributed by atoms with Crippen molar-refractivity contribution in [1.82, 2.24) is 34.1 Å². The normalized spacial score (nSPS) is 17.7. The molecule has 0 amide bonds. The highest BCUT2D eigenvalue weighted by molar-refractivity contribution is 7.93. The van der Waals surface area contributed by atoms with E-state index in [9.17, 15) is 21.6 Å². The highest BCUT2D eigenvalue weighted by Crippen LogP contribution is 2.28. The number of nitrogens with zero attached hydrogens (tertiary/aromatic N) is 7. The first-order valence-corrected chi connectivity index (χ1v) is 13.6. The zero-order chi connectivity index (χ0) is 27.8. The van der Waals surface area contributed by atoms with Gasteiger partial charge in [0.2, 0.25) is 21.7 Å². The number of ether oxygens (including phenoxy) is 1. The molecule has 3 heterocycles. The van der Waals surface area contributed by atoms with Crippen molar-refractivity contribution < 1.29 is 30.8 Å². The molecule has 0 atom stereocenters. The van der Waals surface area contributed by atoms with Gasteiger partial charge in [-0.2, -0.15) is 9.29 Å². The van der Waals surface area contributed by atoms with Gasteiger partial charge < -0.3 is 14.2 Å². The van der Waals surface area contributed by atoms with Crippen molar-refractivity contribution in [2.75, 3.05) is 33.2 Å². The molecule has 0 radical (unpaired) electrons. The van der Waals surface area contributed by atoms with Crippen LogP contribution >= 0.6 is 0 Å². The van der Waals surface area contributed by atoms with Crippen LogP contribution in [-0.4, -0.2) is 82.1 Å². The lowest BCUT2D eigenvalue weighted by atomic mass is 10.1. The summed E-state index contributed by atoms with van der Waals surface area (Å²) in [4.78, 5) is 11.1. The van der Waals surface area contributed by atoms with E-state index in [1.807, 2.05) is 7.05 Å². The summed E-state index contributed by atoms with van der Waals surface area (Å²) in [5, 5.41) is 8.34. The molecule has 1 aliphatic heterocycles. The second-order valence-corrected chi connectivity index (χ2v) is 11.2. The van der Waals surface area contributed by atoms with Crippen LogP contribution in [-0.2, 0) is 16.6 Å². The third-order valence-electron chi connectivity index (χ3n) is 6.43. The molecule has 2 aliphatic rings. The summed E-state index contributed by atoms with van der Waals surface area (Å²) >= 11 is 0. The predicted molar refractivity (Wildman–Crippen MR) is 134 cm³/mol. The molecule has 0 N–H and O–H groups in total. The van der Waals surface area contributed by atoms with Crippen LogP contribution in [0.2, 0.25) is 0 Å². The fraction of sp³-hybridized carbons (Fsp3) is 0.417. The Hall–Kier alpha value is -3.56.